The number of pyridine rings is 1. The number of anilines is 1. The van der Waals surface area contributed by atoms with Crippen LogP contribution in [0.2, 0.25) is 0 Å². The van der Waals surface area contributed by atoms with Crippen LogP contribution in [0.3, 0.4) is 0 Å². The van der Waals surface area contributed by atoms with Crippen LogP contribution in [0.25, 0.3) is 11.3 Å². The van der Waals surface area contributed by atoms with Crippen LogP contribution in [-0.2, 0) is 11.3 Å². The lowest BCUT2D eigenvalue weighted by Crippen LogP contribution is -2.48. The third kappa shape index (κ3) is 3.47. The van der Waals surface area contributed by atoms with Gasteiger partial charge in [0.25, 0.3) is 0 Å². The highest BCUT2D eigenvalue weighted by Crippen LogP contribution is 2.59. The Morgan fingerprint density at radius 2 is 1.97 bits per heavy atom. The third-order valence-electron chi connectivity index (χ3n) is 7.56. The largest absolute Gasteiger partial charge is 0.431 e. The molecule has 2 aliphatic carbocycles. The first-order valence-electron chi connectivity index (χ1n) is 11.2. The molecule has 4 fully saturated rings. The molecule has 0 amide bonds. The molecule has 7 nitrogen and oxygen atoms in total. The fourth-order valence-electron chi connectivity index (χ4n) is 5.42. The fourth-order valence-corrected chi connectivity index (χ4v) is 5.42. The van der Waals surface area contributed by atoms with Crippen LogP contribution in [0.15, 0.2) is 18.3 Å². The summed E-state index contributed by atoms with van der Waals surface area (Å²) in [6.07, 6.45) is 5.37. The Labute approximate surface area is 179 Å². The Hall–Kier alpha value is -2.26. The lowest BCUT2D eigenvalue weighted by Gasteiger charge is -2.36. The van der Waals surface area contributed by atoms with Crippen LogP contribution in [-0.4, -0.2) is 58.6 Å². The number of rotatable bonds is 7. The van der Waals surface area contributed by atoms with E-state index >= 15 is 0 Å². The molecule has 4 heterocycles. The van der Waals surface area contributed by atoms with Gasteiger partial charge in [0, 0.05) is 43.0 Å². The van der Waals surface area contributed by atoms with Gasteiger partial charge in [-0.2, -0.15) is 13.9 Å². The number of nitrogen functional groups attached to an aromatic ring is 1. The van der Waals surface area contributed by atoms with Crippen LogP contribution in [0.5, 0.6) is 5.75 Å². The molecule has 9 heteroatoms. The summed E-state index contributed by atoms with van der Waals surface area (Å²) in [6.45, 7) is 1.96. The van der Waals surface area contributed by atoms with Crippen molar-refractivity contribution in [1.29, 1.82) is 0 Å². The SMILES string of the molecule is Nc1ncc(-c2cc([C@H]3[C@@H]4CN(C5COC5)C[C@@H]43)n(CC3CCC3)n2)cc1OC(F)F. The lowest BCUT2D eigenvalue weighted by molar-refractivity contribution is -0.0610. The van der Waals surface area contributed by atoms with Crippen molar-refractivity contribution < 1.29 is 18.3 Å². The van der Waals surface area contributed by atoms with E-state index in [1.807, 2.05) is 0 Å². The first-order valence-corrected chi connectivity index (χ1v) is 11.2. The van der Waals surface area contributed by atoms with Gasteiger partial charge in [-0.05, 0) is 42.7 Å². The van der Waals surface area contributed by atoms with Gasteiger partial charge in [0.15, 0.2) is 11.6 Å². The third-order valence-corrected chi connectivity index (χ3v) is 7.56. The topological polar surface area (TPSA) is 78.4 Å². The van der Waals surface area contributed by atoms with E-state index in [0.717, 1.165) is 38.5 Å². The maximum absolute atomic E-state index is 12.7. The standard InChI is InChI=1S/C22H27F2N5O2/c23-22(24)31-19-4-13(6-26-21(19)25)17-5-18(29(27-17)7-12-2-1-3-12)20-15-8-28(9-16(15)20)14-10-30-11-14/h4-6,12,14-16,20,22H,1-3,7-11H2,(H2,25,26)/t15-,16+,20+. The van der Waals surface area contributed by atoms with E-state index in [-0.39, 0.29) is 11.6 Å². The first kappa shape index (κ1) is 19.4. The van der Waals surface area contributed by atoms with Crippen molar-refractivity contribution in [2.45, 2.75) is 44.4 Å². The van der Waals surface area contributed by atoms with Crippen molar-refractivity contribution >= 4 is 5.82 Å². The Morgan fingerprint density at radius 3 is 2.58 bits per heavy atom. The minimum atomic E-state index is -2.94. The molecule has 2 aliphatic heterocycles. The molecule has 0 unspecified atom stereocenters. The molecule has 0 aromatic carbocycles. The number of alkyl halides is 2. The maximum atomic E-state index is 12.7. The first-order chi connectivity index (χ1) is 15.1. The molecule has 31 heavy (non-hydrogen) atoms. The van der Waals surface area contributed by atoms with Gasteiger partial charge >= 0.3 is 6.61 Å². The molecule has 2 aromatic heterocycles. The van der Waals surface area contributed by atoms with E-state index in [0.29, 0.717) is 35.3 Å². The number of hydrogen-bond acceptors (Lipinski definition) is 6. The van der Waals surface area contributed by atoms with Gasteiger partial charge in [0.1, 0.15) is 0 Å². The summed E-state index contributed by atoms with van der Waals surface area (Å²) < 4.78 is 37.5. The number of aromatic nitrogens is 3. The number of hydrogen-bond donors (Lipinski definition) is 1. The van der Waals surface area contributed by atoms with E-state index < -0.39 is 6.61 Å². The molecule has 2 N–H and O–H groups in total. The van der Waals surface area contributed by atoms with E-state index in [1.54, 1.807) is 6.20 Å². The van der Waals surface area contributed by atoms with Gasteiger partial charge in [-0.25, -0.2) is 4.98 Å². The molecule has 2 saturated heterocycles. The van der Waals surface area contributed by atoms with Crippen molar-refractivity contribution in [2.75, 3.05) is 32.0 Å². The smallest absolute Gasteiger partial charge is 0.387 e. The van der Waals surface area contributed by atoms with Crippen molar-refractivity contribution in [3.63, 3.8) is 0 Å². The van der Waals surface area contributed by atoms with Gasteiger partial charge in [0.05, 0.1) is 24.9 Å². The monoisotopic (exact) mass is 431 g/mol. The van der Waals surface area contributed by atoms with Crippen LogP contribution in [0.1, 0.15) is 30.9 Å². The number of likely N-dealkylation sites (tertiary alicyclic amines) is 1. The summed E-state index contributed by atoms with van der Waals surface area (Å²) in [4.78, 5) is 6.62. The maximum Gasteiger partial charge on any atom is 0.387 e. The van der Waals surface area contributed by atoms with Crippen LogP contribution < -0.4 is 10.5 Å². The van der Waals surface area contributed by atoms with E-state index in [4.69, 9.17) is 15.6 Å². The number of halogens is 2. The zero-order chi connectivity index (χ0) is 21.1. The molecule has 0 spiro atoms. The lowest BCUT2D eigenvalue weighted by atomic mass is 9.85. The number of fused-ring (bicyclic) bond motifs is 1. The number of ether oxygens (including phenoxy) is 2. The molecule has 6 rings (SSSR count). The number of piperidine rings is 1. The van der Waals surface area contributed by atoms with Gasteiger partial charge in [-0.3, -0.25) is 9.58 Å². The normalized spacial score (nSPS) is 28.4. The highest BCUT2D eigenvalue weighted by molar-refractivity contribution is 5.64. The number of nitrogens with zero attached hydrogens (tertiary/aromatic N) is 4. The molecular formula is C22H27F2N5O2. The summed E-state index contributed by atoms with van der Waals surface area (Å²) in [5, 5.41) is 4.88. The molecule has 0 radical (unpaired) electrons. The van der Waals surface area contributed by atoms with Crippen molar-refractivity contribution in [3.8, 4) is 17.0 Å². The summed E-state index contributed by atoms with van der Waals surface area (Å²) in [5.74, 6) is 2.40. The minimum absolute atomic E-state index is 0.0463. The zero-order valence-electron chi connectivity index (χ0n) is 17.3. The predicted octanol–water partition coefficient (Wildman–Crippen LogP) is 2.97. The predicted molar refractivity (Wildman–Crippen MR) is 110 cm³/mol. The van der Waals surface area contributed by atoms with Gasteiger partial charge < -0.3 is 15.2 Å². The van der Waals surface area contributed by atoms with E-state index in [9.17, 15) is 8.78 Å². The van der Waals surface area contributed by atoms with Crippen LogP contribution in [0, 0.1) is 17.8 Å². The van der Waals surface area contributed by atoms with E-state index in [2.05, 4.69) is 25.4 Å². The summed E-state index contributed by atoms with van der Waals surface area (Å²) in [5.41, 5.74) is 8.38. The second kappa shape index (κ2) is 7.41. The van der Waals surface area contributed by atoms with Crippen molar-refractivity contribution in [3.05, 3.63) is 24.0 Å². The Bertz CT molecular complexity index is 963. The Balaban J connectivity index is 1.26. The minimum Gasteiger partial charge on any atom is -0.431 e. The molecule has 3 atom stereocenters. The summed E-state index contributed by atoms with van der Waals surface area (Å²) >= 11 is 0. The fraction of sp³-hybridized carbons (Fsp3) is 0.636. The second-order valence-electron chi connectivity index (χ2n) is 9.42. The molecular weight excluding hydrogens is 404 g/mol. The molecule has 2 aromatic rings. The number of nitrogens with two attached hydrogens (primary N) is 1. The van der Waals surface area contributed by atoms with Crippen LogP contribution in [0.4, 0.5) is 14.6 Å². The average Bonchev–Trinajstić information content (AvgIpc) is 3.00. The zero-order valence-corrected chi connectivity index (χ0v) is 17.3. The van der Waals surface area contributed by atoms with Crippen molar-refractivity contribution in [1.82, 2.24) is 19.7 Å². The summed E-state index contributed by atoms with van der Waals surface area (Å²) in [6, 6.07) is 4.23. The van der Waals surface area contributed by atoms with Gasteiger partial charge in [-0.1, -0.05) is 6.42 Å². The van der Waals surface area contributed by atoms with Crippen LogP contribution >= 0.6 is 0 Å². The molecule has 2 saturated carbocycles. The molecule has 166 valence electrons. The Morgan fingerprint density at radius 1 is 1.19 bits per heavy atom. The quantitative estimate of drug-likeness (QED) is 0.726. The highest BCUT2D eigenvalue weighted by atomic mass is 19.3. The van der Waals surface area contributed by atoms with Gasteiger partial charge in [0.2, 0.25) is 0 Å². The van der Waals surface area contributed by atoms with Gasteiger partial charge in [-0.15, -0.1) is 0 Å². The average molecular weight is 431 g/mol. The molecule has 4 aliphatic rings. The second-order valence-corrected chi connectivity index (χ2v) is 9.42. The highest BCUT2D eigenvalue weighted by Gasteiger charge is 2.58. The van der Waals surface area contributed by atoms with Crippen molar-refractivity contribution in [2.24, 2.45) is 17.8 Å². The van der Waals surface area contributed by atoms with E-state index in [1.165, 1.54) is 31.0 Å². The molecule has 0 bridgehead atoms. The Kier molecular flexibility index (Phi) is 4.64. The summed E-state index contributed by atoms with van der Waals surface area (Å²) in [7, 11) is 0.